The van der Waals surface area contributed by atoms with Gasteiger partial charge in [-0.2, -0.15) is 5.10 Å². The SMILES string of the molecule is CC(C)CCO[C@@H](C)C(=O)Nc1nc(Cc2n[nH]c(=S)n2C)cs1. The molecule has 24 heavy (non-hydrogen) atoms. The number of H-pyrrole nitrogens is 1. The number of nitrogens with zero attached hydrogens (tertiary/aromatic N) is 3. The summed E-state index contributed by atoms with van der Waals surface area (Å²) < 4.78 is 7.92. The van der Waals surface area contributed by atoms with Gasteiger partial charge in [0, 0.05) is 19.0 Å². The van der Waals surface area contributed by atoms with Crippen molar-refractivity contribution in [1.29, 1.82) is 0 Å². The quantitative estimate of drug-likeness (QED) is 0.699. The topological polar surface area (TPSA) is 84.8 Å². The number of aromatic amines is 1. The van der Waals surface area contributed by atoms with Crippen molar-refractivity contribution in [2.75, 3.05) is 11.9 Å². The van der Waals surface area contributed by atoms with Gasteiger partial charge in [-0.15, -0.1) is 11.3 Å². The first-order valence-corrected chi connectivity index (χ1v) is 9.12. The van der Waals surface area contributed by atoms with Crippen LogP contribution >= 0.6 is 23.6 Å². The van der Waals surface area contributed by atoms with Crippen molar-refractivity contribution in [3.63, 3.8) is 0 Å². The van der Waals surface area contributed by atoms with E-state index in [1.807, 2.05) is 12.4 Å². The van der Waals surface area contributed by atoms with Crippen molar-refractivity contribution in [1.82, 2.24) is 19.7 Å². The second-order valence-corrected chi connectivity index (χ2v) is 7.25. The molecule has 0 aromatic carbocycles. The highest BCUT2D eigenvalue weighted by molar-refractivity contribution is 7.71. The van der Waals surface area contributed by atoms with Crippen LogP contribution in [-0.4, -0.2) is 38.4 Å². The summed E-state index contributed by atoms with van der Waals surface area (Å²) in [5.74, 6) is 1.17. The van der Waals surface area contributed by atoms with Crippen molar-refractivity contribution in [3.05, 3.63) is 21.7 Å². The molecule has 0 saturated heterocycles. The minimum atomic E-state index is -0.497. The van der Waals surface area contributed by atoms with Crippen LogP contribution in [0.1, 0.15) is 38.7 Å². The van der Waals surface area contributed by atoms with E-state index < -0.39 is 6.10 Å². The number of amides is 1. The average Bonchev–Trinajstić information content (AvgIpc) is 3.08. The minimum absolute atomic E-state index is 0.183. The first-order valence-electron chi connectivity index (χ1n) is 7.84. The number of ether oxygens (including phenoxy) is 1. The zero-order valence-corrected chi connectivity index (χ0v) is 16.0. The number of aromatic nitrogens is 4. The van der Waals surface area contributed by atoms with Crippen LogP contribution in [0.25, 0.3) is 0 Å². The fraction of sp³-hybridized carbons (Fsp3) is 0.600. The molecule has 1 amide bonds. The fourth-order valence-corrected chi connectivity index (χ4v) is 2.77. The van der Waals surface area contributed by atoms with Gasteiger partial charge in [0.1, 0.15) is 11.9 Å². The number of carbonyl (C=O) groups is 1. The smallest absolute Gasteiger partial charge is 0.254 e. The Morgan fingerprint density at radius 1 is 1.50 bits per heavy atom. The highest BCUT2D eigenvalue weighted by atomic mass is 32.1. The summed E-state index contributed by atoms with van der Waals surface area (Å²) in [4.78, 5) is 16.5. The van der Waals surface area contributed by atoms with Crippen LogP contribution < -0.4 is 5.32 Å². The van der Waals surface area contributed by atoms with Crippen LogP contribution in [0, 0.1) is 10.7 Å². The average molecular weight is 370 g/mol. The van der Waals surface area contributed by atoms with Crippen LogP contribution in [0.5, 0.6) is 0 Å². The van der Waals surface area contributed by atoms with E-state index in [0.29, 0.717) is 28.8 Å². The van der Waals surface area contributed by atoms with E-state index in [2.05, 4.69) is 34.3 Å². The predicted octanol–water partition coefficient (Wildman–Crippen LogP) is 2.91. The van der Waals surface area contributed by atoms with E-state index in [4.69, 9.17) is 17.0 Å². The number of thiazole rings is 1. The van der Waals surface area contributed by atoms with E-state index in [1.54, 1.807) is 11.5 Å². The van der Waals surface area contributed by atoms with Gasteiger partial charge in [-0.25, -0.2) is 4.98 Å². The number of hydrogen-bond donors (Lipinski definition) is 2. The number of hydrogen-bond acceptors (Lipinski definition) is 6. The molecule has 2 aromatic heterocycles. The maximum absolute atomic E-state index is 12.1. The summed E-state index contributed by atoms with van der Waals surface area (Å²) in [6.45, 7) is 6.58. The lowest BCUT2D eigenvalue weighted by Gasteiger charge is -2.13. The van der Waals surface area contributed by atoms with Gasteiger partial charge in [0.2, 0.25) is 0 Å². The molecule has 2 rings (SSSR count). The lowest BCUT2D eigenvalue weighted by molar-refractivity contribution is -0.126. The molecule has 7 nitrogen and oxygen atoms in total. The molecule has 9 heteroatoms. The van der Waals surface area contributed by atoms with E-state index in [1.165, 1.54) is 11.3 Å². The van der Waals surface area contributed by atoms with Gasteiger partial charge in [-0.05, 0) is 31.5 Å². The Kier molecular flexibility index (Phi) is 6.64. The van der Waals surface area contributed by atoms with Crippen molar-refractivity contribution in [2.45, 2.75) is 39.7 Å². The van der Waals surface area contributed by atoms with Crippen molar-refractivity contribution in [2.24, 2.45) is 13.0 Å². The Morgan fingerprint density at radius 3 is 2.88 bits per heavy atom. The van der Waals surface area contributed by atoms with Crippen LogP contribution in [0.4, 0.5) is 5.13 Å². The first kappa shape index (κ1) is 18.8. The Hall–Kier alpha value is -1.58. The molecule has 2 aromatic rings. The Bertz CT molecular complexity index is 734. The molecule has 0 spiro atoms. The monoisotopic (exact) mass is 369 g/mol. The molecular formula is C15H23N5O2S2. The van der Waals surface area contributed by atoms with Crippen LogP contribution in [0.15, 0.2) is 5.38 Å². The molecule has 2 heterocycles. The summed E-state index contributed by atoms with van der Waals surface area (Å²) in [7, 11) is 1.85. The van der Waals surface area contributed by atoms with E-state index in [-0.39, 0.29) is 5.91 Å². The zero-order chi connectivity index (χ0) is 17.7. The Labute approximate surface area is 150 Å². The fourth-order valence-electron chi connectivity index (χ4n) is 1.91. The molecule has 2 N–H and O–H groups in total. The third-order valence-corrected chi connectivity index (χ3v) is 4.70. The molecule has 0 saturated carbocycles. The molecule has 0 radical (unpaired) electrons. The summed E-state index contributed by atoms with van der Waals surface area (Å²) in [6, 6.07) is 0. The van der Waals surface area contributed by atoms with Crippen LogP contribution in [0.3, 0.4) is 0 Å². The van der Waals surface area contributed by atoms with Crippen LogP contribution in [0.2, 0.25) is 0 Å². The molecule has 0 aliphatic rings. The molecule has 0 aliphatic carbocycles. The number of rotatable bonds is 8. The van der Waals surface area contributed by atoms with E-state index in [9.17, 15) is 4.79 Å². The van der Waals surface area contributed by atoms with E-state index >= 15 is 0 Å². The molecule has 0 bridgehead atoms. The van der Waals surface area contributed by atoms with Gasteiger partial charge < -0.3 is 9.30 Å². The number of anilines is 1. The third kappa shape index (κ3) is 5.22. The van der Waals surface area contributed by atoms with Gasteiger partial charge in [0.05, 0.1) is 12.1 Å². The zero-order valence-electron chi connectivity index (χ0n) is 14.3. The maximum atomic E-state index is 12.1. The molecule has 132 valence electrons. The summed E-state index contributed by atoms with van der Waals surface area (Å²) >= 11 is 6.47. The van der Waals surface area contributed by atoms with Gasteiger partial charge in [0.25, 0.3) is 5.91 Å². The maximum Gasteiger partial charge on any atom is 0.254 e. The minimum Gasteiger partial charge on any atom is -0.369 e. The molecule has 0 fully saturated rings. The number of nitrogens with one attached hydrogen (secondary N) is 2. The van der Waals surface area contributed by atoms with Gasteiger partial charge in [-0.1, -0.05) is 13.8 Å². The lowest BCUT2D eigenvalue weighted by Crippen LogP contribution is -2.28. The Balaban J connectivity index is 1.87. The molecule has 1 atom stereocenters. The second kappa shape index (κ2) is 8.50. The van der Waals surface area contributed by atoms with Crippen molar-refractivity contribution >= 4 is 34.6 Å². The van der Waals surface area contributed by atoms with Crippen molar-refractivity contribution in [3.8, 4) is 0 Å². The normalized spacial score (nSPS) is 12.5. The largest absolute Gasteiger partial charge is 0.369 e. The van der Waals surface area contributed by atoms with Crippen LogP contribution in [-0.2, 0) is 23.0 Å². The highest BCUT2D eigenvalue weighted by Gasteiger charge is 2.16. The molecule has 0 unspecified atom stereocenters. The standard InChI is InChI=1S/C15H23N5O2S2/c1-9(2)5-6-22-10(3)13(21)17-14-16-11(8-24-14)7-12-18-19-15(23)20(12)4/h8-10H,5-7H2,1-4H3,(H,19,23)(H,16,17,21)/t10-/m0/s1. The predicted molar refractivity (Wildman–Crippen MR) is 96.8 cm³/mol. The summed E-state index contributed by atoms with van der Waals surface area (Å²) in [6.07, 6.45) is 0.990. The first-order chi connectivity index (χ1) is 11.4. The molecule has 0 aliphatic heterocycles. The van der Waals surface area contributed by atoms with Crippen molar-refractivity contribution < 1.29 is 9.53 Å². The third-order valence-electron chi connectivity index (χ3n) is 3.53. The van der Waals surface area contributed by atoms with Gasteiger partial charge in [0.15, 0.2) is 9.90 Å². The number of carbonyl (C=O) groups excluding carboxylic acids is 1. The second-order valence-electron chi connectivity index (χ2n) is 6.01. The van der Waals surface area contributed by atoms with E-state index in [0.717, 1.165) is 17.9 Å². The lowest BCUT2D eigenvalue weighted by atomic mass is 10.1. The van der Waals surface area contributed by atoms with Gasteiger partial charge in [-0.3, -0.25) is 15.2 Å². The van der Waals surface area contributed by atoms with Gasteiger partial charge >= 0.3 is 0 Å². The Morgan fingerprint density at radius 2 is 2.25 bits per heavy atom. The summed E-state index contributed by atoms with van der Waals surface area (Å²) in [5, 5.41) is 12.2. The summed E-state index contributed by atoms with van der Waals surface area (Å²) in [5.41, 5.74) is 0.834. The molecular weight excluding hydrogens is 346 g/mol. The highest BCUT2D eigenvalue weighted by Crippen LogP contribution is 2.18.